The molecule has 1 aromatic carbocycles. The summed E-state index contributed by atoms with van der Waals surface area (Å²) in [6.45, 7) is 2.40. The highest BCUT2D eigenvalue weighted by Gasteiger charge is 2.34. The van der Waals surface area contributed by atoms with Gasteiger partial charge in [-0.25, -0.2) is 12.8 Å². The van der Waals surface area contributed by atoms with Gasteiger partial charge in [0.15, 0.2) is 0 Å². The standard InChI is InChI=1S/C20H21FN4O4S2/c1-13-23-19(24-29-13)16-9-18(30-12-16)31(27,28)25-8-2-3-15(11-25)20(26)22-10-14-4-6-17(21)7-5-14/h4-7,9,12,15H,2-3,8,10-11H2,1H3,(H,22,26). The summed E-state index contributed by atoms with van der Waals surface area (Å²) in [6, 6.07) is 7.41. The SMILES string of the molecule is Cc1nc(-c2csc(S(=O)(=O)N3CCCC(C(=O)NCc4ccc(F)cc4)C3)c2)no1. The van der Waals surface area contributed by atoms with Crippen LogP contribution in [0.3, 0.4) is 0 Å². The van der Waals surface area contributed by atoms with Crippen LogP contribution in [0.4, 0.5) is 4.39 Å². The molecule has 11 heteroatoms. The summed E-state index contributed by atoms with van der Waals surface area (Å²) in [4.78, 5) is 16.7. The Morgan fingerprint density at radius 3 is 2.84 bits per heavy atom. The third-order valence-corrected chi connectivity index (χ3v) is 8.37. The number of benzene rings is 1. The molecular formula is C20H21FN4O4S2. The van der Waals surface area contributed by atoms with E-state index in [1.807, 2.05) is 0 Å². The minimum atomic E-state index is -3.74. The Morgan fingerprint density at radius 1 is 1.35 bits per heavy atom. The summed E-state index contributed by atoms with van der Waals surface area (Å²) in [5, 5.41) is 8.31. The third-order valence-electron chi connectivity index (χ3n) is 5.09. The van der Waals surface area contributed by atoms with E-state index in [9.17, 15) is 17.6 Å². The number of carbonyl (C=O) groups excluding carboxylic acids is 1. The highest BCUT2D eigenvalue weighted by molar-refractivity contribution is 7.91. The lowest BCUT2D eigenvalue weighted by atomic mass is 9.99. The van der Waals surface area contributed by atoms with Crippen LogP contribution in [-0.2, 0) is 21.4 Å². The Labute approximate surface area is 183 Å². The van der Waals surface area contributed by atoms with Crippen LogP contribution in [0.1, 0.15) is 24.3 Å². The van der Waals surface area contributed by atoms with Crippen molar-refractivity contribution in [2.75, 3.05) is 13.1 Å². The molecule has 0 saturated carbocycles. The Morgan fingerprint density at radius 2 is 2.13 bits per heavy atom. The Balaban J connectivity index is 1.41. The number of piperidine rings is 1. The molecule has 1 N–H and O–H groups in total. The van der Waals surface area contributed by atoms with Crippen molar-refractivity contribution in [3.8, 4) is 11.4 Å². The third kappa shape index (κ3) is 4.83. The first-order valence-electron chi connectivity index (χ1n) is 9.74. The molecule has 3 heterocycles. The lowest BCUT2D eigenvalue weighted by Crippen LogP contribution is -2.45. The van der Waals surface area contributed by atoms with E-state index in [2.05, 4.69) is 15.5 Å². The summed E-state index contributed by atoms with van der Waals surface area (Å²) in [7, 11) is -3.74. The number of aromatic nitrogens is 2. The molecule has 8 nitrogen and oxygen atoms in total. The molecular weight excluding hydrogens is 443 g/mol. The molecule has 164 valence electrons. The zero-order valence-corrected chi connectivity index (χ0v) is 18.4. The predicted octanol–water partition coefficient (Wildman–Crippen LogP) is 2.96. The fourth-order valence-corrected chi connectivity index (χ4v) is 6.26. The zero-order chi connectivity index (χ0) is 22.0. The van der Waals surface area contributed by atoms with Crippen LogP contribution in [0.25, 0.3) is 11.4 Å². The smallest absolute Gasteiger partial charge is 0.252 e. The quantitative estimate of drug-likeness (QED) is 0.601. The van der Waals surface area contributed by atoms with Crippen LogP contribution < -0.4 is 5.32 Å². The number of hydrogen-bond acceptors (Lipinski definition) is 7. The molecule has 1 aliphatic heterocycles. The van der Waals surface area contributed by atoms with Crippen LogP contribution >= 0.6 is 11.3 Å². The average molecular weight is 465 g/mol. The van der Waals surface area contributed by atoms with Gasteiger partial charge in [0.25, 0.3) is 10.0 Å². The molecule has 31 heavy (non-hydrogen) atoms. The van der Waals surface area contributed by atoms with Crippen LogP contribution in [0.5, 0.6) is 0 Å². The molecule has 3 aromatic rings. The molecule has 1 unspecified atom stereocenters. The van der Waals surface area contributed by atoms with E-state index in [1.165, 1.54) is 22.5 Å². The molecule has 2 aromatic heterocycles. The summed E-state index contributed by atoms with van der Waals surface area (Å²) >= 11 is 1.09. The van der Waals surface area contributed by atoms with Crippen molar-refractivity contribution in [1.82, 2.24) is 19.8 Å². The molecule has 0 bridgehead atoms. The van der Waals surface area contributed by atoms with Crippen molar-refractivity contribution in [2.45, 2.75) is 30.5 Å². The van der Waals surface area contributed by atoms with Crippen LogP contribution in [-0.4, -0.2) is 41.9 Å². The van der Waals surface area contributed by atoms with E-state index in [-0.39, 0.29) is 29.0 Å². The molecule has 4 rings (SSSR count). The Bertz CT molecular complexity index is 1170. The van der Waals surface area contributed by atoms with Gasteiger partial charge in [0, 0.05) is 37.5 Å². The Hall–Kier alpha value is -2.63. The topological polar surface area (TPSA) is 105 Å². The van der Waals surface area contributed by atoms with Gasteiger partial charge < -0.3 is 9.84 Å². The maximum absolute atomic E-state index is 13.1. The van der Waals surface area contributed by atoms with Crippen LogP contribution in [0.2, 0.25) is 0 Å². The van der Waals surface area contributed by atoms with Crippen LogP contribution in [0.15, 0.2) is 44.4 Å². The molecule has 1 atom stereocenters. The highest BCUT2D eigenvalue weighted by atomic mass is 32.2. The fraction of sp³-hybridized carbons (Fsp3) is 0.350. The fourth-order valence-electron chi connectivity index (χ4n) is 3.42. The van der Waals surface area contributed by atoms with Gasteiger partial charge in [0.1, 0.15) is 10.0 Å². The number of thiophene rings is 1. The minimum absolute atomic E-state index is 0.117. The van der Waals surface area contributed by atoms with E-state index < -0.39 is 15.9 Å². The molecule has 1 amide bonds. The number of carbonyl (C=O) groups is 1. The van der Waals surface area contributed by atoms with E-state index in [0.717, 1.165) is 16.9 Å². The first kappa shape index (κ1) is 21.6. The number of nitrogens with one attached hydrogen (secondary N) is 1. The second-order valence-electron chi connectivity index (χ2n) is 7.34. The van der Waals surface area contributed by atoms with Gasteiger partial charge in [-0.2, -0.15) is 9.29 Å². The van der Waals surface area contributed by atoms with Crippen molar-refractivity contribution >= 4 is 27.3 Å². The second-order valence-corrected chi connectivity index (χ2v) is 10.4. The number of aryl methyl sites for hydroxylation is 1. The summed E-state index contributed by atoms with van der Waals surface area (Å²) in [6.07, 6.45) is 1.20. The summed E-state index contributed by atoms with van der Waals surface area (Å²) < 4.78 is 45.7. The number of hydrogen-bond donors (Lipinski definition) is 1. The van der Waals surface area contributed by atoms with E-state index in [4.69, 9.17) is 4.52 Å². The van der Waals surface area contributed by atoms with Crippen molar-refractivity contribution in [3.05, 3.63) is 53.0 Å². The number of halogens is 1. The number of nitrogens with zero attached hydrogens (tertiary/aromatic N) is 3. The Kier molecular flexibility index (Phi) is 6.17. The van der Waals surface area contributed by atoms with E-state index >= 15 is 0 Å². The molecule has 1 saturated heterocycles. The van der Waals surface area contributed by atoms with Crippen LogP contribution in [0, 0.1) is 18.7 Å². The van der Waals surface area contributed by atoms with Crippen molar-refractivity contribution in [3.63, 3.8) is 0 Å². The molecule has 0 aliphatic carbocycles. The van der Waals surface area contributed by atoms with Gasteiger partial charge in [-0.3, -0.25) is 4.79 Å². The number of amides is 1. The van der Waals surface area contributed by atoms with Crippen molar-refractivity contribution in [1.29, 1.82) is 0 Å². The summed E-state index contributed by atoms with van der Waals surface area (Å²) in [5.41, 5.74) is 1.35. The van der Waals surface area contributed by atoms with E-state index in [0.29, 0.717) is 36.7 Å². The van der Waals surface area contributed by atoms with E-state index in [1.54, 1.807) is 24.4 Å². The normalized spacial score (nSPS) is 17.5. The van der Waals surface area contributed by atoms with Gasteiger partial charge in [0.05, 0.1) is 5.92 Å². The monoisotopic (exact) mass is 464 g/mol. The zero-order valence-electron chi connectivity index (χ0n) is 16.7. The minimum Gasteiger partial charge on any atom is -0.352 e. The van der Waals surface area contributed by atoms with Gasteiger partial charge in [0.2, 0.25) is 17.6 Å². The lowest BCUT2D eigenvalue weighted by molar-refractivity contribution is -0.126. The molecule has 1 aliphatic rings. The second kappa shape index (κ2) is 8.85. The van der Waals surface area contributed by atoms with Gasteiger partial charge in [-0.1, -0.05) is 17.3 Å². The average Bonchev–Trinajstić information content (AvgIpc) is 3.43. The number of rotatable bonds is 6. The highest BCUT2D eigenvalue weighted by Crippen LogP contribution is 2.31. The summed E-state index contributed by atoms with van der Waals surface area (Å²) in [5.74, 6) is -0.251. The largest absolute Gasteiger partial charge is 0.352 e. The predicted molar refractivity (Wildman–Crippen MR) is 112 cm³/mol. The first-order chi connectivity index (χ1) is 14.8. The van der Waals surface area contributed by atoms with Gasteiger partial charge in [-0.15, -0.1) is 11.3 Å². The van der Waals surface area contributed by atoms with Gasteiger partial charge >= 0.3 is 0 Å². The molecule has 0 radical (unpaired) electrons. The molecule has 0 spiro atoms. The number of sulfonamides is 1. The first-order valence-corrected chi connectivity index (χ1v) is 12.1. The molecule has 1 fully saturated rings. The van der Waals surface area contributed by atoms with Crippen molar-refractivity contribution in [2.24, 2.45) is 5.92 Å². The lowest BCUT2D eigenvalue weighted by Gasteiger charge is -2.30. The van der Waals surface area contributed by atoms with Gasteiger partial charge in [-0.05, 0) is 36.6 Å². The van der Waals surface area contributed by atoms with Crippen molar-refractivity contribution < 1.29 is 22.1 Å². The maximum Gasteiger partial charge on any atom is 0.252 e. The maximum atomic E-state index is 13.1.